The quantitative estimate of drug-likeness (QED) is 0.779. The summed E-state index contributed by atoms with van der Waals surface area (Å²) in [4.78, 5) is 3.90. The highest BCUT2D eigenvalue weighted by Crippen LogP contribution is 2.31. The monoisotopic (exact) mass is 262 g/mol. The average molecular weight is 263 g/mol. The molecule has 18 heavy (non-hydrogen) atoms. The van der Waals surface area contributed by atoms with Crippen LogP contribution in [0.4, 0.5) is 4.39 Å². The molecule has 0 bridgehead atoms. The molecule has 1 aromatic heterocycles. The number of hydrogen-bond acceptors (Lipinski definition) is 3. The highest BCUT2D eigenvalue weighted by atomic mass is 35.5. The second-order valence-electron chi connectivity index (χ2n) is 3.52. The van der Waals surface area contributed by atoms with E-state index in [1.807, 2.05) is 6.07 Å². The van der Waals surface area contributed by atoms with Crippen LogP contribution >= 0.6 is 11.6 Å². The summed E-state index contributed by atoms with van der Waals surface area (Å²) in [6, 6.07) is 7.62. The van der Waals surface area contributed by atoms with Gasteiger partial charge in [-0.3, -0.25) is 0 Å². The molecule has 0 spiro atoms. The highest BCUT2D eigenvalue weighted by molar-refractivity contribution is 6.30. The predicted molar refractivity (Wildman–Crippen MR) is 65.9 cm³/mol. The van der Waals surface area contributed by atoms with Crippen LogP contribution in [0.1, 0.15) is 5.56 Å². The first-order valence-electron chi connectivity index (χ1n) is 5.05. The van der Waals surface area contributed by atoms with Crippen molar-refractivity contribution in [2.75, 3.05) is 7.11 Å². The second-order valence-corrected chi connectivity index (χ2v) is 3.88. The third-order valence-corrected chi connectivity index (χ3v) is 2.73. The molecule has 2 aromatic rings. The molecule has 3 nitrogen and oxygen atoms in total. The Hall–Kier alpha value is -2.12. The molecule has 0 fully saturated rings. The Bertz CT molecular complexity index is 637. The molecule has 0 radical (unpaired) electrons. The number of benzene rings is 1. The first kappa shape index (κ1) is 12.3. The summed E-state index contributed by atoms with van der Waals surface area (Å²) in [5, 5.41) is 9.01. The van der Waals surface area contributed by atoms with Gasteiger partial charge in [-0.05, 0) is 24.3 Å². The number of nitriles is 1. The molecule has 0 N–H and O–H groups in total. The average Bonchev–Trinajstić information content (AvgIpc) is 2.39. The van der Waals surface area contributed by atoms with Gasteiger partial charge < -0.3 is 4.74 Å². The van der Waals surface area contributed by atoms with E-state index in [2.05, 4.69) is 4.98 Å². The zero-order chi connectivity index (χ0) is 13.1. The van der Waals surface area contributed by atoms with Crippen molar-refractivity contribution >= 4 is 11.6 Å². The normalized spacial score (nSPS) is 9.89. The van der Waals surface area contributed by atoms with E-state index < -0.39 is 0 Å². The minimum atomic E-state index is -0.390. The van der Waals surface area contributed by atoms with Crippen molar-refractivity contribution in [3.8, 4) is 22.9 Å². The Morgan fingerprint density at radius 2 is 2.17 bits per heavy atom. The summed E-state index contributed by atoms with van der Waals surface area (Å²) in [6.45, 7) is 0. The van der Waals surface area contributed by atoms with Crippen molar-refractivity contribution in [3.63, 3.8) is 0 Å². The van der Waals surface area contributed by atoms with Crippen molar-refractivity contribution in [1.82, 2.24) is 4.98 Å². The van der Waals surface area contributed by atoms with Crippen molar-refractivity contribution in [3.05, 3.63) is 47.0 Å². The van der Waals surface area contributed by atoms with Gasteiger partial charge in [-0.15, -0.1) is 0 Å². The third kappa shape index (κ3) is 2.27. The van der Waals surface area contributed by atoms with Gasteiger partial charge in [0.05, 0.1) is 12.7 Å². The maximum Gasteiger partial charge on any atom is 0.146 e. The molecular weight excluding hydrogens is 255 g/mol. The molecule has 0 aliphatic carbocycles. The molecular formula is C13H8ClFN2O. The van der Waals surface area contributed by atoms with Crippen LogP contribution in [0, 0.1) is 17.1 Å². The molecule has 0 aliphatic heterocycles. The summed E-state index contributed by atoms with van der Waals surface area (Å²) in [5.74, 6) is 0.115. The summed E-state index contributed by atoms with van der Waals surface area (Å²) >= 11 is 5.75. The molecule has 0 aliphatic rings. The minimum absolute atomic E-state index is 0.122. The molecule has 5 heteroatoms. The predicted octanol–water partition coefficient (Wildman–Crippen LogP) is 3.42. The van der Waals surface area contributed by atoms with Gasteiger partial charge >= 0.3 is 0 Å². The van der Waals surface area contributed by atoms with Gasteiger partial charge in [0.15, 0.2) is 0 Å². The Balaban J connectivity index is 2.62. The molecule has 90 valence electrons. The van der Waals surface area contributed by atoms with Crippen LogP contribution in [0.15, 0.2) is 30.5 Å². The molecule has 0 saturated carbocycles. The molecule has 0 unspecified atom stereocenters. The fourth-order valence-corrected chi connectivity index (χ4v) is 1.73. The highest BCUT2D eigenvalue weighted by Gasteiger charge is 2.10. The van der Waals surface area contributed by atoms with Crippen LogP contribution in [-0.2, 0) is 0 Å². The summed E-state index contributed by atoms with van der Waals surface area (Å²) < 4.78 is 18.4. The third-order valence-electron chi connectivity index (χ3n) is 2.43. The van der Waals surface area contributed by atoms with E-state index in [1.165, 1.54) is 31.5 Å². The first-order valence-corrected chi connectivity index (χ1v) is 5.43. The second kappa shape index (κ2) is 5.03. The van der Waals surface area contributed by atoms with E-state index in [9.17, 15) is 4.39 Å². The molecule has 0 saturated heterocycles. The van der Waals surface area contributed by atoms with Crippen LogP contribution < -0.4 is 4.74 Å². The SMILES string of the molecule is COc1ccc(F)cc1-c1cnc(Cl)c(C#N)c1. The Kier molecular flexibility index (Phi) is 3.45. The van der Waals surface area contributed by atoms with E-state index in [-0.39, 0.29) is 16.5 Å². The van der Waals surface area contributed by atoms with E-state index in [4.69, 9.17) is 21.6 Å². The zero-order valence-corrected chi connectivity index (χ0v) is 10.2. The number of nitrogens with zero attached hydrogens (tertiary/aromatic N) is 2. The van der Waals surface area contributed by atoms with Gasteiger partial charge in [-0.25, -0.2) is 9.37 Å². The number of ether oxygens (including phenoxy) is 1. The topological polar surface area (TPSA) is 45.9 Å². The molecule has 1 aromatic carbocycles. The van der Waals surface area contributed by atoms with Crippen LogP contribution in [0.3, 0.4) is 0 Å². The lowest BCUT2D eigenvalue weighted by Gasteiger charge is -2.08. The fraction of sp³-hybridized carbons (Fsp3) is 0.0769. The van der Waals surface area contributed by atoms with Gasteiger partial charge in [0.2, 0.25) is 0 Å². The molecule has 1 heterocycles. The minimum Gasteiger partial charge on any atom is -0.496 e. The van der Waals surface area contributed by atoms with E-state index in [1.54, 1.807) is 6.07 Å². The van der Waals surface area contributed by atoms with Gasteiger partial charge in [0.25, 0.3) is 0 Å². The lowest BCUT2D eigenvalue weighted by molar-refractivity contribution is 0.415. The summed E-state index contributed by atoms with van der Waals surface area (Å²) in [7, 11) is 1.49. The standard InChI is InChI=1S/C13H8ClFN2O/c1-18-12-3-2-10(15)5-11(12)9-4-8(6-16)13(14)17-7-9/h2-5,7H,1H3. The van der Waals surface area contributed by atoms with Gasteiger partial charge in [0, 0.05) is 17.3 Å². The van der Waals surface area contributed by atoms with Gasteiger partial charge in [0.1, 0.15) is 22.8 Å². The smallest absolute Gasteiger partial charge is 0.146 e. The van der Waals surface area contributed by atoms with Crippen molar-refractivity contribution in [2.24, 2.45) is 0 Å². The number of halogens is 2. The van der Waals surface area contributed by atoms with Crippen molar-refractivity contribution in [2.45, 2.75) is 0 Å². The molecule has 0 amide bonds. The Morgan fingerprint density at radius 3 is 2.83 bits per heavy atom. The number of hydrogen-bond donors (Lipinski definition) is 0. The zero-order valence-electron chi connectivity index (χ0n) is 9.45. The number of pyridine rings is 1. The Morgan fingerprint density at radius 1 is 1.39 bits per heavy atom. The first-order chi connectivity index (χ1) is 8.65. The summed E-state index contributed by atoms with van der Waals surface area (Å²) in [6.07, 6.45) is 1.47. The van der Waals surface area contributed by atoms with Crippen molar-refractivity contribution < 1.29 is 9.13 Å². The lowest BCUT2D eigenvalue weighted by atomic mass is 10.0. The van der Waals surface area contributed by atoms with E-state index in [0.29, 0.717) is 16.9 Å². The molecule has 2 rings (SSSR count). The summed E-state index contributed by atoms with van der Waals surface area (Å²) in [5.41, 5.74) is 1.34. The van der Waals surface area contributed by atoms with Crippen LogP contribution in [0.2, 0.25) is 5.15 Å². The fourth-order valence-electron chi connectivity index (χ4n) is 1.58. The Labute approximate surface area is 108 Å². The van der Waals surface area contributed by atoms with Gasteiger partial charge in [-0.2, -0.15) is 5.26 Å². The lowest BCUT2D eigenvalue weighted by Crippen LogP contribution is -1.91. The number of aromatic nitrogens is 1. The number of methoxy groups -OCH3 is 1. The molecule has 0 atom stereocenters. The van der Waals surface area contributed by atoms with Gasteiger partial charge in [-0.1, -0.05) is 11.6 Å². The van der Waals surface area contributed by atoms with Crippen molar-refractivity contribution in [1.29, 1.82) is 5.26 Å². The maximum absolute atomic E-state index is 13.3. The van der Waals surface area contributed by atoms with E-state index in [0.717, 1.165) is 0 Å². The number of rotatable bonds is 2. The van der Waals surface area contributed by atoms with E-state index >= 15 is 0 Å². The van der Waals surface area contributed by atoms with Crippen LogP contribution in [0.25, 0.3) is 11.1 Å². The largest absolute Gasteiger partial charge is 0.496 e. The van der Waals surface area contributed by atoms with Crippen LogP contribution in [-0.4, -0.2) is 12.1 Å². The van der Waals surface area contributed by atoms with Crippen LogP contribution in [0.5, 0.6) is 5.75 Å². The maximum atomic E-state index is 13.3.